The summed E-state index contributed by atoms with van der Waals surface area (Å²) in [5.41, 5.74) is 0.271. The van der Waals surface area contributed by atoms with Crippen molar-refractivity contribution in [3.05, 3.63) is 23.8 Å². The summed E-state index contributed by atoms with van der Waals surface area (Å²) in [7, 11) is 1.52. The fourth-order valence-corrected chi connectivity index (χ4v) is 2.73. The van der Waals surface area contributed by atoms with Crippen LogP contribution in [0.4, 0.5) is 0 Å². The number of hydrogen-bond acceptors (Lipinski definition) is 4. The van der Waals surface area contributed by atoms with E-state index in [1.165, 1.54) is 26.0 Å². The van der Waals surface area contributed by atoms with E-state index in [9.17, 15) is 9.90 Å². The van der Waals surface area contributed by atoms with Crippen molar-refractivity contribution in [3.63, 3.8) is 0 Å². The minimum Gasteiger partial charge on any atom is -0.507 e. The van der Waals surface area contributed by atoms with Crippen molar-refractivity contribution in [2.45, 2.75) is 31.4 Å². The summed E-state index contributed by atoms with van der Waals surface area (Å²) < 4.78 is 10.7. The quantitative estimate of drug-likeness (QED) is 0.879. The molecule has 2 fully saturated rings. The van der Waals surface area contributed by atoms with Crippen LogP contribution in [0.1, 0.15) is 29.6 Å². The maximum Gasteiger partial charge on any atom is 0.255 e. The highest BCUT2D eigenvalue weighted by Gasteiger charge is 2.41. The van der Waals surface area contributed by atoms with E-state index in [0.29, 0.717) is 18.3 Å². The number of rotatable bonds is 4. The van der Waals surface area contributed by atoms with Gasteiger partial charge in [-0.25, -0.2) is 0 Å². The molecule has 0 radical (unpaired) electrons. The van der Waals surface area contributed by atoms with E-state index < -0.39 is 0 Å². The summed E-state index contributed by atoms with van der Waals surface area (Å²) in [6.07, 6.45) is 3.35. The number of ether oxygens (including phenoxy) is 2. The smallest absolute Gasteiger partial charge is 0.255 e. The number of amides is 1. The fraction of sp³-hybridized carbons (Fsp3) is 0.533. The van der Waals surface area contributed by atoms with Crippen LogP contribution in [0.2, 0.25) is 0 Å². The molecule has 1 saturated carbocycles. The van der Waals surface area contributed by atoms with E-state index in [4.69, 9.17) is 9.47 Å². The van der Waals surface area contributed by atoms with E-state index >= 15 is 0 Å². The van der Waals surface area contributed by atoms with Gasteiger partial charge in [0.2, 0.25) is 0 Å². The summed E-state index contributed by atoms with van der Waals surface area (Å²) in [4.78, 5) is 12.2. The van der Waals surface area contributed by atoms with E-state index in [1.807, 2.05) is 0 Å². The van der Waals surface area contributed by atoms with Crippen LogP contribution in [-0.2, 0) is 4.74 Å². The average Bonchev–Trinajstić information content (AvgIpc) is 3.19. The van der Waals surface area contributed by atoms with E-state index in [0.717, 1.165) is 6.42 Å². The molecule has 2 unspecified atom stereocenters. The van der Waals surface area contributed by atoms with Crippen LogP contribution in [0.15, 0.2) is 18.2 Å². The lowest BCUT2D eigenvalue weighted by Gasteiger charge is -2.19. The molecule has 1 saturated heterocycles. The lowest BCUT2D eigenvalue weighted by atomic mass is 10.1. The second kappa shape index (κ2) is 5.32. The molecule has 108 valence electrons. The molecule has 1 aromatic carbocycles. The fourth-order valence-electron chi connectivity index (χ4n) is 2.73. The van der Waals surface area contributed by atoms with Gasteiger partial charge in [-0.15, -0.1) is 0 Å². The predicted molar refractivity (Wildman–Crippen MR) is 73.0 cm³/mol. The average molecular weight is 277 g/mol. The van der Waals surface area contributed by atoms with Gasteiger partial charge in [-0.2, -0.15) is 0 Å². The number of benzene rings is 1. The normalized spacial score (nSPS) is 25.4. The molecular formula is C15H19NO4. The molecular weight excluding hydrogens is 258 g/mol. The number of carbonyl (C=O) groups is 1. The Labute approximate surface area is 117 Å². The van der Waals surface area contributed by atoms with Crippen molar-refractivity contribution in [3.8, 4) is 11.5 Å². The number of nitrogens with one attached hydrogen (secondary N) is 1. The Balaban J connectivity index is 1.69. The summed E-state index contributed by atoms with van der Waals surface area (Å²) in [6.45, 7) is 0.695. The van der Waals surface area contributed by atoms with Gasteiger partial charge in [-0.1, -0.05) is 0 Å². The zero-order valence-corrected chi connectivity index (χ0v) is 11.5. The molecule has 20 heavy (non-hydrogen) atoms. The maximum atomic E-state index is 12.2. The van der Waals surface area contributed by atoms with Crippen molar-refractivity contribution < 1.29 is 19.4 Å². The zero-order chi connectivity index (χ0) is 14.1. The Morgan fingerprint density at radius 2 is 2.20 bits per heavy atom. The van der Waals surface area contributed by atoms with Gasteiger partial charge in [0.25, 0.3) is 5.91 Å². The molecule has 5 heteroatoms. The molecule has 2 aliphatic rings. The molecule has 0 aromatic heterocycles. The van der Waals surface area contributed by atoms with Crippen molar-refractivity contribution in [1.29, 1.82) is 0 Å². The third-order valence-corrected chi connectivity index (χ3v) is 3.99. The van der Waals surface area contributed by atoms with E-state index in [2.05, 4.69) is 5.32 Å². The summed E-state index contributed by atoms with van der Waals surface area (Å²) in [6, 6.07) is 4.73. The van der Waals surface area contributed by atoms with Crippen LogP contribution in [0.5, 0.6) is 11.5 Å². The second-order valence-corrected chi connectivity index (χ2v) is 5.42. The Hall–Kier alpha value is -1.75. The van der Waals surface area contributed by atoms with Crippen LogP contribution in [0, 0.1) is 5.92 Å². The van der Waals surface area contributed by atoms with Gasteiger partial charge >= 0.3 is 0 Å². The third-order valence-electron chi connectivity index (χ3n) is 3.99. The number of phenolic OH excluding ortho intramolecular Hbond substituents is 1. The number of aromatic hydroxyl groups is 1. The minimum absolute atomic E-state index is 0.0523. The first-order valence-corrected chi connectivity index (χ1v) is 6.98. The van der Waals surface area contributed by atoms with Crippen LogP contribution in [0.25, 0.3) is 0 Å². The number of methoxy groups -OCH3 is 1. The van der Waals surface area contributed by atoms with Gasteiger partial charge < -0.3 is 19.9 Å². The highest BCUT2D eigenvalue weighted by atomic mass is 16.5. The Bertz CT molecular complexity index is 513. The molecule has 0 spiro atoms. The first-order valence-electron chi connectivity index (χ1n) is 6.98. The summed E-state index contributed by atoms with van der Waals surface area (Å²) in [5.74, 6) is 0.793. The molecule has 2 N–H and O–H groups in total. The first-order chi connectivity index (χ1) is 9.69. The van der Waals surface area contributed by atoms with Crippen LogP contribution in [-0.4, -0.2) is 36.9 Å². The number of phenols is 1. The summed E-state index contributed by atoms with van der Waals surface area (Å²) in [5, 5.41) is 12.9. The highest BCUT2D eigenvalue weighted by Crippen LogP contribution is 2.38. The Morgan fingerprint density at radius 1 is 1.40 bits per heavy atom. The van der Waals surface area contributed by atoms with E-state index in [-0.39, 0.29) is 29.4 Å². The molecule has 1 aliphatic heterocycles. The van der Waals surface area contributed by atoms with Crippen LogP contribution in [0.3, 0.4) is 0 Å². The standard InChI is InChI=1S/C15H19NO4/c1-19-10-4-5-11(13(17)8-10)15(18)16-12-6-7-20-14(12)9-2-3-9/h4-5,8-9,12,14,17H,2-3,6-7H2,1H3,(H,16,18). The molecule has 1 heterocycles. The van der Waals surface area contributed by atoms with Crippen molar-refractivity contribution in [2.24, 2.45) is 5.92 Å². The van der Waals surface area contributed by atoms with Crippen molar-refractivity contribution in [2.75, 3.05) is 13.7 Å². The van der Waals surface area contributed by atoms with Gasteiger partial charge in [0.15, 0.2) is 0 Å². The van der Waals surface area contributed by atoms with Crippen molar-refractivity contribution >= 4 is 5.91 Å². The highest BCUT2D eigenvalue weighted by molar-refractivity contribution is 5.97. The topological polar surface area (TPSA) is 67.8 Å². The largest absolute Gasteiger partial charge is 0.507 e. The van der Waals surface area contributed by atoms with Gasteiger partial charge in [0.1, 0.15) is 11.5 Å². The molecule has 3 rings (SSSR count). The molecule has 1 aliphatic carbocycles. The van der Waals surface area contributed by atoms with Gasteiger partial charge in [0.05, 0.1) is 24.8 Å². The molecule has 0 bridgehead atoms. The lowest BCUT2D eigenvalue weighted by Crippen LogP contribution is -2.41. The van der Waals surface area contributed by atoms with Crippen LogP contribution >= 0.6 is 0 Å². The van der Waals surface area contributed by atoms with E-state index in [1.54, 1.807) is 12.1 Å². The van der Waals surface area contributed by atoms with Crippen LogP contribution < -0.4 is 10.1 Å². The molecule has 2 atom stereocenters. The monoisotopic (exact) mass is 277 g/mol. The van der Waals surface area contributed by atoms with Crippen molar-refractivity contribution in [1.82, 2.24) is 5.32 Å². The SMILES string of the molecule is COc1ccc(C(=O)NC2CCOC2C2CC2)c(O)c1. The third kappa shape index (κ3) is 2.58. The number of hydrogen-bond donors (Lipinski definition) is 2. The Kier molecular flexibility index (Phi) is 3.53. The minimum atomic E-state index is -0.258. The predicted octanol–water partition coefficient (Wildman–Crippen LogP) is 1.70. The number of carbonyl (C=O) groups excluding carboxylic acids is 1. The maximum absolute atomic E-state index is 12.2. The molecule has 1 amide bonds. The van der Waals surface area contributed by atoms with Gasteiger partial charge in [-0.3, -0.25) is 4.79 Å². The molecule has 1 aromatic rings. The van der Waals surface area contributed by atoms with Gasteiger partial charge in [-0.05, 0) is 37.3 Å². The second-order valence-electron chi connectivity index (χ2n) is 5.42. The molecule has 5 nitrogen and oxygen atoms in total. The zero-order valence-electron chi connectivity index (χ0n) is 11.5. The summed E-state index contributed by atoms with van der Waals surface area (Å²) >= 11 is 0. The Morgan fingerprint density at radius 3 is 2.85 bits per heavy atom. The first kappa shape index (κ1) is 13.2. The lowest BCUT2D eigenvalue weighted by molar-refractivity contribution is 0.0728. The van der Waals surface area contributed by atoms with Gasteiger partial charge in [0, 0.05) is 12.7 Å².